The molecule has 23 heavy (non-hydrogen) atoms. The van der Waals surface area contributed by atoms with Crippen LogP contribution in [0.15, 0.2) is 30.5 Å². The summed E-state index contributed by atoms with van der Waals surface area (Å²) in [4.78, 5) is 29.7. The number of H-pyrrole nitrogens is 1. The molecule has 122 valence electrons. The molecule has 3 rings (SSSR count). The van der Waals surface area contributed by atoms with E-state index >= 15 is 0 Å². The molecule has 0 saturated carbocycles. The second kappa shape index (κ2) is 6.42. The molecule has 6 heteroatoms. The maximum absolute atomic E-state index is 12.8. The lowest BCUT2D eigenvalue weighted by Gasteiger charge is -2.16. The minimum absolute atomic E-state index is 0.0277. The third-order valence-corrected chi connectivity index (χ3v) is 4.49. The Labute approximate surface area is 134 Å². The van der Waals surface area contributed by atoms with Crippen molar-refractivity contribution >= 4 is 22.7 Å². The summed E-state index contributed by atoms with van der Waals surface area (Å²) in [7, 11) is 3.24. The van der Waals surface area contributed by atoms with Gasteiger partial charge in [-0.05, 0) is 24.3 Å². The molecule has 2 atom stereocenters. The SMILES string of the molecule is CNC(=O)[C@@H]1CN(C(=O)c2ccc3[nH]ccc3c2)C[C@H]1COC. The molecule has 0 unspecified atom stereocenters. The van der Waals surface area contributed by atoms with Gasteiger partial charge < -0.3 is 19.9 Å². The molecular formula is C17H21N3O3. The predicted molar refractivity (Wildman–Crippen MR) is 87.1 cm³/mol. The van der Waals surface area contributed by atoms with Gasteiger partial charge in [-0.25, -0.2) is 0 Å². The number of methoxy groups -OCH3 is 1. The number of nitrogens with one attached hydrogen (secondary N) is 2. The van der Waals surface area contributed by atoms with Crippen LogP contribution in [0.5, 0.6) is 0 Å². The van der Waals surface area contributed by atoms with Crippen LogP contribution in [0.25, 0.3) is 10.9 Å². The molecule has 0 bridgehead atoms. The Kier molecular flexibility index (Phi) is 4.34. The highest BCUT2D eigenvalue weighted by molar-refractivity contribution is 5.98. The van der Waals surface area contributed by atoms with E-state index in [0.717, 1.165) is 10.9 Å². The minimum atomic E-state index is -0.222. The second-order valence-corrected chi connectivity index (χ2v) is 5.93. The fraction of sp³-hybridized carbons (Fsp3) is 0.412. The van der Waals surface area contributed by atoms with Crippen molar-refractivity contribution in [3.05, 3.63) is 36.0 Å². The van der Waals surface area contributed by atoms with Crippen molar-refractivity contribution < 1.29 is 14.3 Å². The van der Waals surface area contributed by atoms with Crippen LogP contribution >= 0.6 is 0 Å². The minimum Gasteiger partial charge on any atom is -0.384 e. The molecule has 2 amide bonds. The van der Waals surface area contributed by atoms with Crippen molar-refractivity contribution in [2.75, 3.05) is 33.9 Å². The Bertz CT molecular complexity index is 725. The molecule has 1 aromatic heterocycles. The number of amides is 2. The Balaban J connectivity index is 1.80. The second-order valence-electron chi connectivity index (χ2n) is 5.93. The molecule has 1 fully saturated rings. The lowest BCUT2D eigenvalue weighted by molar-refractivity contribution is -0.125. The average Bonchev–Trinajstić information content (AvgIpc) is 3.19. The maximum atomic E-state index is 12.8. The van der Waals surface area contributed by atoms with Crippen LogP contribution in [-0.2, 0) is 9.53 Å². The number of rotatable bonds is 4. The van der Waals surface area contributed by atoms with Gasteiger partial charge in [0.15, 0.2) is 0 Å². The number of likely N-dealkylation sites (tertiary alicyclic amines) is 1. The van der Waals surface area contributed by atoms with E-state index in [1.54, 1.807) is 19.1 Å². The summed E-state index contributed by atoms with van der Waals surface area (Å²) in [5, 5.41) is 3.68. The number of ether oxygens (including phenoxy) is 1. The number of benzene rings is 1. The summed E-state index contributed by atoms with van der Waals surface area (Å²) >= 11 is 0. The summed E-state index contributed by atoms with van der Waals surface area (Å²) < 4.78 is 5.21. The molecule has 6 nitrogen and oxygen atoms in total. The predicted octanol–water partition coefficient (Wildman–Crippen LogP) is 1.25. The van der Waals surface area contributed by atoms with Crippen molar-refractivity contribution in [1.82, 2.24) is 15.2 Å². The molecule has 2 heterocycles. The maximum Gasteiger partial charge on any atom is 0.253 e. The lowest BCUT2D eigenvalue weighted by Crippen LogP contribution is -2.34. The molecule has 2 N–H and O–H groups in total. The number of hydrogen-bond donors (Lipinski definition) is 2. The van der Waals surface area contributed by atoms with Crippen molar-refractivity contribution in [3.63, 3.8) is 0 Å². The number of fused-ring (bicyclic) bond motifs is 1. The standard InChI is InChI=1S/C17H21N3O3/c1-18-16(21)14-9-20(8-13(14)10-23-2)17(22)12-3-4-15-11(7-12)5-6-19-15/h3-7,13-14,19H,8-10H2,1-2H3,(H,18,21)/t13-,14+/m0/s1. The number of carbonyl (C=O) groups excluding carboxylic acids is 2. The number of carbonyl (C=O) groups is 2. The van der Waals surface area contributed by atoms with Gasteiger partial charge in [-0.2, -0.15) is 0 Å². The van der Waals surface area contributed by atoms with Crippen molar-refractivity contribution in [2.24, 2.45) is 11.8 Å². The number of aromatic nitrogens is 1. The molecule has 1 aliphatic rings. The third kappa shape index (κ3) is 2.94. The Morgan fingerprint density at radius 3 is 2.91 bits per heavy atom. The van der Waals surface area contributed by atoms with E-state index in [1.807, 2.05) is 30.5 Å². The Hall–Kier alpha value is -2.34. The van der Waals surface area contributed by atoms with Gasteiger partial charge in [-0.15, -0.1) is 0 Å². The summed E-state index contributed by atoms with van der Waals surface area (Å²) in [6.45, 7) is 1.44. The Morgan fingerprint density at radius 1 is 1.35 bits per heavy atom. The van der Waals surface area contributed by atoms with Gasteiger partial charge in [0.2, 0.25) is 5.91 Å². The first-order valence-corrected chi connectivity index (χ1v) is 7.71. The highest BCUT2D eigenvalue weighted by Crippen LogP contribution is 2.26. The third-order valence-electron chi connectivity index (χ3n) is 4.49. The molecule has 1 aliphatic heterocycles. The van der Waals surface area contributed by atoms with Gasteiger partial charge in [0.1, 0.15) is 0 Å². The van der Waals surface area contributed by atoms with Crippen molar-refractivity contribution in [1.29, 1.82) is 0 Å². The first-order valence-electron chi connectivity index (χ1n) is 7.71. The van der Waals surface area contributed by atoms with Crippen LogP contribution in [0.1, 0.15) is 10.4 Å². The van der Waals surface area contributed by atoms with E-state index in [4.69, 9.17) is 4.74 Å². The largest absolute Gasteiger partial charge is 0.384 e. The van der Waals surface area contributed by atoms with Crippen LogP contribution in [0.2, 0.25) is 0 Å². The zero-order valence-corrected chi connectivity index (χ0v) is 13.3. The van der Waals surface area contributed by atoms with Gasteiger partial charge in [-0.1, -0.05) is 0 Å². The van der Waals surface area contributed by atoms with E-state index < -0.39 is 0 Å². The van der Waals surface area contributed by atoms with Crippen molar-refractivity contribution in [3.8, 4) is 0 Å². The molecular weight excluding hydrogens is 294 g/mol. The fourth-order valence-electron chi connectivity index (χ4n) is 3.27. The highest BCUT2D eigenvalue weighted by atomic mass is 16.5. The van der Waals surface area contributed by atoms with E-state index in [2.05, 4.69) is 10.3 Å². The van der Waals surface area contributed by atoms with Gasteiger partial charge in [-0.3, -0.25) is 9.59 Å². The van der Waals surface area contributed by atoms with E-state index in [1.165, 1.54) is 0 Å². The van der Waals surface area contributed by atoms with Gasteiger partial charge in [0, 0.05) is 55.8 Å². The summed E-state index contributed by atoms with van der Waals surface area (Å²) in [6.07, 6.45) is 1.85. The van der Waals surface area contributed by atoms with E-state index in [9.17, 15) is 9.59 Å². The monoisotopic (exact) mass is 315 g/mol. The Morgan fingerprint density at radius 2 is 2.17 bits per heavy atom. The van der Waals surface area contributed by atoms with Crippen molar-refractivity contribution in [2.45, 2.75) is 0 Å². The summed E-state index contributed by atoms with van der Waals surface area (Å²) in [6, 6.07) is 7.55. The zero-order chi connectivity index (χ0) is 16.4. The zero-order valence-electron chi connectivity index (χ0n) is 13.3. The average molecular weight is 315 g/mol. The molecule has 0 radical (unpaired) electrons. The van der Waals surface area contributed by atoms with Crippen LogP contribution in [0.4, 0.5) is 0 Å². The van der Waals surface area contributed by atoms with Crippen LogP contribution in [0.3, 0.4) is 0 Å². The molecule has 1 saturated heterocycles. The van der Waals surface area contributed by atoms with Crippen LogP contribution < -0.4 is 5.32 Å². The molecule has 2 aromatic rings. The molecule has 0 spiro atoms. The topological polar surface area (TPSA) is 74.4 Å². The first kappa shape index (κ1) is 15.6. The lowest BCUT2D eigenvalue weighted by atomic mass is 9.96. The number of nitrogens with zero attached hydrogens (tertiary/aromatic N) is 1. The summed E-state index contributed by atoms with van der Waals surface area (Å²) in [5.41, 5.74) is 1.65. The van der Waals surface area contributed by atoms with E-state index in [-0.39, 0.29) is 23.7 Å². The quantitative estimate of drug-likeness (QED) is 0.892. The van der Waals surface area contributed by atoms with Crippen LogP contribution in [0, 0.1) is 11.8 Å². The smallest absolute Gasteiger partial charge is 0.253 e. The molecule has 0 aliphatic carbocycles. The van der Waals surface area contributed by atoms with Gasteiger partial charge in [0.25, 0.3) is 5.91 Å². The normalized spacial score (nSPS) is 20.9. The van der Waals surface area contributed by atoms with Gasteiger partial charge in [0.05, 0.1) is 12.5 Å². The van der Waals surface area contributed by atoms with Crippen LogP contribution in [-0.4, -0.2) is 55.6 Å². The van der Waals surface area contributed by atoms with Gasteiger partial charge >= 0.3 is 0 Å². The fourth-order valence-corrected chi connectivity index (χ4v) is 3.27. The first-order chi connectivity index (χ1) is 11.1. The summed E-state index contributed by atoms with van der Waals surface area (Å²) in [5.74, 6) is -0.274. The van der Waals surface area contributed by atoms with E-state index in [0.29, 0.717) is 25.3 Å². The molecule has 1 aromatic carbocycles. The number of hydrogen-bond acceptors (Lipinski definition) is 3. The highest BCUT2D eigenvalue weighted by Gasteiger charge is 2.39. The number of aromatic amines is 1.